The number of nitrogens with one attached hydrogen (secondary N) is 1. The Hall–Kier alpha value is -2.04. The molecular formula is C13H17NO4. The largest absolute Gasteiger partial charge is 0.477 e. The van der Waals surface area contributed by atoms with E-state index in [9.17, 15) is 9.59 Å². The van der Waals surface area contributed by atoms with Gasteiger partial charge in [0.25, 0.3) is 6.23 Å². The number of carbonyl (C=O) groups excluding carboxylic acids is 1. The Morgan fingerprint density at radius 3 is 2.39 bits per heavy atom. The van der Waals surface area contributed by atoms with Gasteiger partial charge in [0.05, 0.1) is 0 Å². The molecule has 1 amide bonds. The third kappa shape index (κ3) is 4.86. The molecule has 0 aliphatic rings. The predicted octanol–water partition coefficient (Wildman–Crippen LogP) is 1.64. The van der Waals surface area contributed by atoms with E-state index in [1.807, 2.05) is 13.8 Å². The van der Waals surface area contributed by atoms with Crippen LogP contribution < -0.4 is 10.1 Å². The van der Waals surface area contributed by atoms with Crippen molar-refractivity contribution in [3.63, 3.8) is 0 Å². The summed E-state index contributed by atoms with van der Waals surface area (Å²) in [6, 6.07) is 8.50. The van der Waals surface area contributed by atoms with Crippen molar-refractivity contribution < 1.29 is 19.4 Å². The first kappa shape index (κ1) is 14.0. The summed E-state index contributed by atoms with van der Waals surface area (Å²) >= 11 is 0. The third-order valence-electron chi connectivity index (χ3n) is 2.11. The Morgan fingerprint density at radius 2 is 1.89 bits per heavy atom. The highest BCUT2D eigenvalue weighted by atomic mass is 16.5. The summed E-state index contributed by atoms with van der Waals surface area (Å²) < 4.78 is 5.20. The molecular weight excluding hydrogens is 234 g/mol. The molecule has 0 radical (unpaired) electrons. The molecule has 0 saturated carbocycles. The van der Waals surface area contributed by atoms with Crippen LogP contribution in [0.4, 0.5) is 0 Å². The SMILES string of the molecule is CC(C)CC(=O)NC(Oc1ccccc1)C(=O)O. The van der Waals surface area contributed by atoms with Gasteiger partial charge >= 0.3 is 5.97 Å². The second kappa shape index (κ2) is 6.64. The molecule has 98 valence electrons. The highest BCUT2D eigenvalue weighted by Gasteiger charge is 2.21. The second-order valence-electron chi connectivity index (χ2n) is 4.31. The van der Waals surface area contributed by atoms with Gasteiger partial charge in [-0.3, -0.25) is 4.79 Å². The Kier molecular flexibility index (Phi) is 5.17. The van der Waals surface area contributed by atoms with Gasteiger partial charge in [0.1, 0.15) is 5.75 Å². The van der Waals surface area contributed by atoms with Crippen LogP contribution in [0.25, 0.3) is 0 Å². The molecule has 0 spiro atoms. The van der Waals surface area contributed by atoms with Crippen LogP contribution >= 0.6 is 0 Å². The van der Waals surface area contributed by atoms with Crippen molar-refractivity contribution in [2.24, 2.45) is 5.92 Å². The maximum atomic E-state index is 11.5. The van der Waals surface area contributed by atoms with Crippen LogP contribution in [-0.2, 0) is 9.59 Å². The van der Waals surface area contributed by atoms with Crippen molar-refractivity contribution in [2.75, 3.05) is 0 Å². The molecule has 1 unspecified atom stereocenters. The smallest absolute Gasteiger partial charge is 0.366 e. The Labute approximate surface area is 106 Å². The number of aliphatic carboxylic acids is 1. The Bertz CT molecular complexity index is 403. The molecule has 0 heterocycles. The summed E-state index contributed by atoms with van der Waals surface area (Å²) in [4.78, 5) is 22.5. The zero-order valence-electron chi connectivity index (χ0n) is 10.4. The monoisotopic (exact) mass is 251 g/mol. The number of para-hydroxylation sites is 1. The third-order valence-corrected chi connectivity index (χ3v) is 2.11. The van der Waals surface area contributed by atoms with Gasteiger partial charge < -0.3 is 15.2 Å². The van der Waals surface area contributed by atoms with Gasteiger partial charge in [0, 0.05) is 6.42 Å². The standard InChI is InChI=1S/C13H17NO4/c1-9(2)8-11(15)14-12(13(16)17)18-10-6-4-3-5-7-10/h3-7,9,12H,8H2,1-2H3,(H,14,15)(H,16,17). The van der Waals surface area contributed by atoms with E-state index in [1.54, 1.807) is 30.3 Å². The minimum absolute atomic E-state index is 0.163. The molecule has 2 N–H and O–H groups in total. The summed E-state index contributed by atoms with van der Waals surface area (Å²) in [5.74, 6) is -1.00. The van der Waals surface area contributed by atoms with Crippen molar-refractivity contribution in [1.82, 2.24) is 5.32 Å². The quantitative estimate of drug-likeness (QED) is 0.754. The summed E-state index contributed by atoms with van der Waals surface area (Å²) in [5, 5.41) is 11.3. The first-order valence-electron chi connectivity index (χ1n) is 5.73. The summed E-state index contributed by atoms with van der Waals surface area (Å²) in [6.07, 6.45) is -1.10. The van der Waals surface area contributed by atoms with Gasteiger partial charge in [-0.2, -0.15) is 0 Å². The van der Waals surface area contributed by atoms with Crippen LogP contribution in [0, 0.1) is 5.92 Å². The normalized spacial score (nSPS) is 11.9. The fourth-order valence-corrected chi connectivity index (χ4v) is 1.35. The summed E-state index contributed by atoms with van der Waals surface area (Å²) in [7, 11) is 0. The molecule has 0 aromatic heterocycles. The molecule has 0 fully saturated rings. The zero-order chi connectivity index (χ0) is 13.5. The summed E-state index contributed by atoms with van der Waals surface area (Å²) in [6.45, 7) is 3.76. The lowest BCUT2D eigenvalue weighted by atomic mass is 10.1. The second-order valence-corrected chi connectivity index (χ2v) is 4.31. The van der Waals surface area contributed by atoms with E-state index >= 15 is 0 Å². The topological polar surface area (TPSA) is 75.6 Å². The van der Waals surface area contributed by atoms with Gasteiger partial charge in [0.15, 0.2) is 0 Å². The molecule has 0 saturated heterocycles. The van der Waals surface area contributed by atoms with Crippen molar-refractivity contribution in [3.8, 4) is 5.75 Å². The lowest BCUT2D eigenvalue weighted by Gasteiger charge is -2.17. The van der Waals surface area contributed by atoms with Crippen LogP contribution in [0.5, 0.6) is 5.75 Å². The highest BCUT2D eigenvalue weighted by molar-refractivity contribution is 5.82. The number of benzene rings is 1. The lowest BCUT2D eigenvalue weighted by molar-refractivity contribution is -0.149. The van der Waals surface area contributed by atoms with E-state index in [4.69, 9.17) is 9.84 Å². The number of hydrogen-bond acceptors (Lipinski definition) is 3. The van der Waals surface area contributed by atoms with Gasteiger partial charge in [-0.15, -0.1) is 0 Å². The first-order chi connectivity index (χ1) is 8.49. The molecule has 1 aromatic rings. The number of hydrogen-bond donors (Lipinski definition) is 2. The Morgan fingerprint density at radius 1 is 1.28 bits per heavy atom. The van der Waals surface area contributed by atoms with Gasteiger partial charge in [0.2, 0.25) is 5.91 Å². The van der Waals surface area contributed by atoms with E-state index in [1.165, 1.54) is 0 Å². The molecule has 1 atom stereocenters. The molecule has 18 heavy (non-hydrogen) atoms. The molecule has 5 nitrogen and oxygen atoms in total. The fraction of sp³-hybridized carbons (Fsp3) is 0.385. The lowest BCUT2D eigenvalue weighted by Crippen LogP contribution is -2.45. The van der Waals surface area contributed by atoms with Crippen molar-refractivity contribution in [2.45, 2.75) is 26.5 Å². The first-order valence-corrected chi connectivity index (χ1v) is 5.73. The molecule has 0 aliphatic heterocycles. The minimum atomic E-state index is -1.36. The average Bonchev–Trinajstić information content (AvgIpc) is 2.28. The number of carbonyl (C=O) groups is 2. The van der Waals surface area contributed by atoms with Crippen molar-refractivity contribution in [3.05, 3.63) is 30.3 Å². The van der Waals surface area contributed by atoms with Crippen LogP contribution in [-0.4, -0.2) is 23.2 Å². The number of carboxylic acids is 1. The fourth-order valence-electron chi connectivity index (χ4n) is 1.35. The average molecular weight is 251 g/mol. The van der Waals surface area contributed by atoms with E-state index in [0.29, 0.717) is 5.75 Å². The van der Waals surface area contributed by atoms with E-state index < -0.39 is 12.2 Å². The van der Waals surface area contributed by atoms with E-state index in [2.05, 4.69) is 5.32 Å². The predicted molar refractivity (Wildman–Crippen MR) is 66.1 cm³/mol. The van der Waals surface area contributed by atoms with Gasteiger partial charge in [-0.25, -0.2) is 4.79 Å². The number of carboxylic acid groups (broad SMARTS) is 1. The molecule has 0 aliphatic carbocycles. The highest BCUT2D eigenvalue weighted by Crippen LogP contribution is 2.10. The minimum Gasteiger partial charge on any atom is -0.477 e. The van der Waals surface area contributed by atoms with Crippen LogP contribution in [0.15, 0.2) is 30.3 Å². The molecule has 5 heteroatoms. The molecule has 1 rings (SSSR count). The van der Waals surface area contributed by atoms with Crippen molar-refractivity contribution in [1.29, 1.82) is 0 Å². The molecule has 1 aromatic carbocycles. The number of amides is 1. The zero-order valence-corrected chi connectivity index (χ0v) is 10.4. The van der Waals surface area contributed by atoms with Crippen molar-refractivity contribution >= 4 is 11.9 Å². The van der Waals surface area contributed by atoms with Gasteiger partial charge in [-0.05, 0) is 18.1 Å². The van der Waals surface area contributed by atoms with Crippen LogP contribution in [0.2, 0.25) is 0 Å². The summed E-state index contributed by atoms with van der Waals surface area (Å²) in [5.41, 5.74) is 0. The van der Waals surface area contributed by atoms with Crippen LogP contribution in [0.3, 0.4) is 0 Å². The maximum absolute atomic E-state index is 11.5. The maximum Gasteiger partial charge on any atom is 0.366 e. The van der Waals surface area contributed by atoms with Gasteiger partial charge in [-0.1, -0.05) is 32.0 Å². The number of ether oxygens (including phenoxy) is 1. The van der Waals surface area contributed by atoms with E-state index in [-0.39, 0.29) is 18.2 Å². The van der Waals surface area contributed by atoms with Crippen LogP contribution in [0.1, 0.15) is 20.3 Å². The van der Waals surface area contributed by atoms with E-state index in [0.717, 1.165) is 0 Å². The Balaban J connectivity index is 2.61. The molecule has 0 bridgehead atoms. The number of rotatable bonds is 6.